The highest BCUT2D eigenvalue weighted by Crippen LogP contribution is 2.36. The van der Waals surface area contributed by atoms with Crippen molar-refractivity contribution in [1.29, 1.82) is 0 Å². The van der Waals surface area contributed by atoms with Crippen LogP contribution in [0.25, 0.3) is 0 Å². The molecule has 2 rings (SSSR count). The third-order valence-electron chi connectivity index (χ3n) is 5.87. The van der Waals surface area contributed by atoms with E-state index in [1.54, 1.807) is 0 Å². The Balaban J connectivity index is 1.99. The molecule has 0 bridgehead atoms. The summed E-state index contributed by atoms with van der Waals surface area (Å²) in [5, 5.41) is 0. The fourth-order valence-corrected chi connectivity index (χ4v) is 5.90. The topological polar surface area (TPSA) is 6.48 Å². The Hall–Kier alpha value is 0.200. The van der Waals surface area contributed by atoms with E-state index >= 15 is 0 Å². The summed E-state index contributed by atoms with van der Waals surface area (Å²) in [6, 6.07) is 1.53. The van der Waals surface area contributed by atoms with Crippen molar-refractivity contribution in [3.63, 3.8) is 0 Å². The van der Waals surface area contributed by atoms with Gasteiger partial charge in [0.15, 0.2) is 4.32 Å². The molecule has 0 aliphatic heterocycles. The zero-order chi connectivity index (χ0) is 17.9. The van der Waals surface area contributed by atoms with Gasteiger partial charge in [-0.25, -0.2) is 4.31 Å². The highest BCUT2D eigenvalue weighted by molar-refractivity contribution is 8.21. The molecule has 0 saturated heterocycles. The lowest BCUT2D eigenvalue weighted by atomic mass is 9.91. The number of hydrogen-bond acceptors (Lipinski definition) is 3. The summed E-state index contributed by atoms with van der Waals surface area (Å²) in [7, 11) is 0. The number of nitrogens with zero attached hydrogens (tertiary/aromatic N) is 2. The molecule has 2 saturated carbocycles. The van der Waals surface area contributed by atoms with Crippen LogP contribution >= 0.6 is 24.2 Å². The fourth-order valence-electron chi connectivity index (χ4n) is 4.26. The molecule has 0 spiro atoms. The molecule has 0 aromatic heterocycles. The van der Waals surface area contributed by atoms with E-state index in [1.165, 1.54) is 89.9 Å². The second kappa shape index (κ2) is 12.6. The average molecular weight is 385 g/mol. The molecule has 25 heavy (non-hydrogen) atoms. The summed E-state index contributed by atoms with van der Waals surface area (Å²) < 4.78 is 3.93. The van der Waals surface area contributed by atoms with Crippen LogP contribution in [0.15, 0.2) is 0 Å². The van der Waals surface area contributed by atoms with Crippen LogP contribution in [-0.4, -0.2) is 38.7 Å². The molecule has 4 heteroatoms. The monoisotopic (exact) mass is 384 g/mol. The van der Waals surface area contributed by atoms with E-state index in [2.05, 4.69) is 23.1 Å². The van der Waals surface area contributed by atoms with Crippen molar-refractivity contribution < 1.29 is 0 Å². The van der Waals surface area contributed by atoms with Crippen molar-refractivity contribution in [3.8, 4) is 0 Å². The molecule has 0 atom stereocenters. The lowest BCUT2D eigenvalue weighted by Crippen LogP contribution is -2.43. The van der Waals surface area contributed by atoms with E-state index in [9.17, 15) is 0 Å². The fraction of sp³-hybridized carbons (Fsp3) is 0.952. The third kappa shape index (κ3) is 7.38. The molecule has 0 heterocycles. The SMILES string of the molecule is CCCCN(CCCC)C(=S)SN(C1CCCCC1)C1CCCCC1. The van der Waals surface area contributed by atoms with Gasteiger partial charge in [-0.1, -0.05) is 77.4 Å². The number of hydrogen-bond donors (Lipinski definition) is 0. The van der Waals surface area contributed by atoms with Crippen LogP contribution in [0.2, 0.25) is 0 Å². The molecule has 0 radical (unpaired) electrons. The first-order valence-electron chi connectivity index (χ1n) is 11.0. The van der Waals surface area contributed by atoms with Gasteiger partial charge in [0, 0.05) is 25.2 Å². The average Bonchev–Trinajstić information content (AvgIpc) is 2.67. The molecule has 2 fully saturated rings. The van der Waals surface area contributed by atoms with Crippen LogP contribution in [0.4, 0.5) is 0 Å². The van der Waals surface area contributed by atoms with Gasteiger partial charge in [-0.15, -0.1) is 0 Å². The first-order valence-corrected chi connectivity index (χ1v) is 12.2. The summed E-state index contributed by atoms with van der Waals surface area (Å²) in [5.74, 6) is 0. The molecule has 0 aromatic rings. The van der Waals surface area contributed by atoms with Gasteiger partial charge in [-0.2, -0.15) is 0 Å². The van der Waals surface area contributed by atoms with E-state index in [4.69, 9.17) is 12.2 Å². The van der Waals surface area contributed by atoms with Gasteiger partial charge in [-0.05, 0) is 50.5 Å². The van der Waals surface area contributed by atoms with Crippen molar-refractivity contribution in [1.82, 2.24) is 9.21 Å². The minimum Gasteiger partial charge on any atom is -0.356 e. The number of unbranched alkanes of at least 4 members (excludes halogenated alkanes) is 2. The van der Waals surface area contributed by atoms with Crippen LogP contribution in [0, 0.1) is 0 Å². The molecule has 0 aromatic carbocycles. The summed E-state index contributed by atoms with van der Waals surface area (Å²) in [6.07, 6.45) is 19.1. The molecule has 2 aliphatic rings. The maximum absolute atomic E-state index is 5.96. The van der Waals surface area contributed by atoms with Crippen LogP contribution in [0.1, 0.15) is 104 Å². The van der Waals surface area contributed by atoms with Gasteiger partial charge in [0.25, 0.3) is 0 Å². The van der Waals surface area contributed by atoms with Crippen LogP contribution in [0.3, 0.4) is 0 Å². The minimum absolute atomic E-state index is 0.763. The van der Waals surface area contributed by atoms with Crippen LogP contribution < -0.4 is 0 Å². The van der Waals surface area contributed by atoms with Gasteiger partial charge in [0.2, 0.25) is 0 Å². The molecular weight excluding hydrogens is 344 g/mol. The summed E-state index contributed by atoms with van der Waals surface area (Å²) >= 11 is 7.92. The van der Waals surface area contributed by atoms with Gasteiger partial charge in [0.05, 0.1) is 0 Å². The van der Waals surface area contributed by atoms with Crippen LogP contribution in [-0.2, 0) is 0 Å². The molecule has 2 nitrogen and oxygen atoms in total. The minimum atomic E-state index is 0.763. The van der Waals surface area contributed by atoms with Crippen molar-refractivity contribution in [2.75, 3.05) is 13.1 Å². The second-order valence-corrected chi connectivity index (χ2v) is 9.63. The highest BCUT2D eigenvalue weighted by Gasteiger charge is 2.31. The molecule has 146 valence electrons. The van der Waals surface area contributed by atoms with E-state index in [0.29, 0.717) is 0 Å². The second-order valence-electron chi connectivity index (χ2n) is 7.99. The van der Waals surface area contributed by atoms with Crippen molar-refractivity contribution in [2.24, 2.45) is 0 Å². The lowest BCUT2D eigenvalue weighted by molar-refractivity contribution is 0.186. The molecular formula is C21H40N2S2. The van der Waals surface area contributed by atoms with Crippen LogP contribution in [0.5, 0.6) is 0 Å². The Morgan fingerprint density at radius 1 is 0.800 bits per heavy atom. The van der Waals surface area contributed by atoms with Gasteiger partial charge in [-0.3, -0.25) is 0 Å². The van der Waals surface area contributed by atoms with Crippen molar-refractivity contribution in [2.45, 2.75) is 116 Å². The smallest absolute Gasteiger partial charge is 0.151 e. The summed E-state index contributed by atoms with van der Waals surface area (Å²) in [6.45, 7) is 6.85. The van der Waals surface area contributed by atoms with E-state index < -0.39 is 0 Å². The molecule has 2 aliphatic carbocycles. The summed E-state index contributed by atoms with van der Waals surface area (Å²) in [4.78, 5) is 2.51. The number of rotatable bonds is 9. The maximum Gasteiger partial charge on any atom is 0.151 e. The summed E-state index contributed by atoms with van der Waals surface area (Å²) in [5.41, 5.74) is 0. The van der Waals surface area contributed by atoms with Gasteiger partial charge >= 0.3 is 0 Å². The normalized spacial score (nSPS) is 20.1. The molecule has 0 unspecified atom stereocenters. The first-order chi connectivity index (χ1) is 12.3. The van der Waals surface area contributed by atoms with Crippen molar-refractivity contribution in [3.05, 3.63) is 0 Å². The third-order valence-corrected chi connectivity index (χ3v) is 7.58. The first kappa shape index (κ1) is 21.5. The van der Waals surface area contributed by atoms with E-state index in [1.807, 2.05) is 11.9 Å². The molecule has 0 amide bonds. The Morgan fingerprint density at radius 3 is 1.64 bits per heavy atom. The Morgan fingerprint density at radius 2 is 1.24 bits per heavy atom. The standard InChI is InChI=1S/C21H40N2S2/c1-3-5-17-22(18-6-4-2)21(24)25-23(19-13-9-7-10-14-19)20-15-11-8-12-16-20/h19-20H,3-18H2,1-2H3. The Bertz CT molecular complexity index is 337. The lowest BCUT2D eigenvalue weighted by Gasteiger charge is -2.41. The largest absolute Gasteiger partial charge is 0.356 e. The van der Waals surface area contributed by atoms with E-state index in [0.717, 1.165) is 29.5 Å². The predicted octanol–water partition coefficient (Wildman–Crippen LogP) is 6.79. The highest BCUT2D eigenvalue weighted by atomic mass is 32.2. The van der Waals surface area contributed by atoms with Gasteiger partial charge in [0.1, 0.15) is 0 Å². The number of thiocarbonyl (C=S) groups is 1. The molecule has 0 N–H and O–H groups in total. The quantitative estimate of drug-likeness (QED) is 0.319. The Kier molecular flexibility index (Phi) is 10.8. The zero-order valence-corrected chi connectivity index (χ0v) is 18.3. The van der Waals surface area contributed by atoms with E-state index in [-0.39, 0.29) is 0 Å². The van der Waals surface area contributed by atoms with Crippen molar-refractivity contribution >= 4 is 28.5 Å². The maximum atomic E-state index is 5.96. The zero-order valence-electron chi connectivity index (χ0n) is 16.7. The Labute approximate surface area is 166 Å². The van der Waals surface area contributed by atoms with Gasteiger partial charge < -0.3 is 4.90 Å². The predicted molar refractivity (Wildman–Crippen MR) is 117 cm³/mol.